The molecule has 2 rings (SSSR count). The van der Waals surface area contributed by atoms with Gasteiger partial charge in [0.05, 0.1) is 0 Å². The fourth-order valence-electron chi connectivity index (χ4n) is 3.02. The third kappa shape index (κ3) is 3.79. The normalized spacial score (nSPS) is 28.0. The van der Waals surface area contributed by atoms with E-state index in [0.29, 0.717) is 0 Å². The maximum Gasteiger partial charge on any atom is 0.00698 e. The van der Waals surface area contributed by atoms with Crippen LogP contribution < -0.4 is 0 Å². The standard InChI is InChI=1S/C10H19N.2C2H6/c1-9-7-10(8-11(9)2)5-3-4-6-10;2*1-2/h9H,3-8H2,1-2H3;2*1-2H3. The van der Waals surface area contributed by atoms with Gasteiger partial charge in [-0.15, -0.1) is 0 Å². The van der Waals surface area contributed by atoms with Crippen LogP contribution in [-0.2, 0) is 0 Å². The average Bonchev–Trinajstić information content (AvgIpc) is 2.82. The van der Waals surface area contributed by atoms with E-state index in [0.717, 1.165) is 11.5 Å². The summed E-state index contributed by atoms with van der Waals surface area (Å²) in [6.45, 7) is 11.7. The maximum atomic E-state index is 2.53. The van der Waals surface area contributed by atoms with Crippen molar-refractivity contribution in [1.29, 1.82) is 0 Å². The second-order valence-electron chi connectivity index (χ2n) is 4.68. The van der Waals surface area contributed by atoms with Gasteiger partial charge < -0.3 is 4.90 Å². The minimum Gasteiger partial charge on any atom is -0.303 e. The van der Waals surface area contributed by atoms with E-state index in [4.69, 9.17) is 0 Å². The largest absolute Gasteiger partial charge is 0.303 e. The highest BCUT2D eigenvalue weighted by Crippen LogP contribution is 2.46. The molecule has 1 aliphatic heterocycles. The second-order valence-corrected chi connectivity index (χ2v) is 4.68. The van der Waals surface area contributed by atoms with Crippen LogP contribution in [0.3, 0.4) is 0 Å². The molecule has 0 radical (unpaired) electrons. The molecule has 2 aliphatic rings. The Balaban J connectivity index is 0.000000442. The van der Waals surface area contributed by atoms with E-state index in [1.54, 1.807) is 0 Å². The Kier molecular flexibility index (Phi) is 7.25. The number of hydrogen-bond donors (Lipinski definition) is 0. The summed E-state index contributed by atoms with van der Waals surface area (Å²) in [5.74, 6) is 0. The molecule has 92 valence electrons. The Labute approximate surface area is 97.2 Å². The summed E-state index contributed by atoms with van der Waals surface area (Å²) < 4.78 is 0. The monoisotopic (exact) mass is 213 g/mol. The highest BCUT2D eigenvalue weighted by molar-refractivity contribution is 4.95. The van der Waals surface area contributed by atoms with Crippen molar-refractivity contribution in [3.63, 3.8) is 0 Å². The second kappa shape index (κ2) is 7.27. The summed E-state index contributed by atoms with van der Waals surface area (Å²) in [6.07, 6.45) is 7.44. The number of likely N-dealkylation sites (tertiary alicyclic amines) is 1. The molecule has 0 aromatic heterocycles. The van der Waals surface area contributed by atoms with Crippen LogP contribution in [0, 0.1) is 5.41 Å². The van der Waals surface area contributed by atoms with Crippen molar-refractivity contribution >= 4 is 0 Å². The summed E-state index contributed by atoms with van der Waals surface area (Å²) in [5.41, 5.74) is 0.758. The first-order valence-electron chi connectivity index (χ1n) is 6.92. The highest BCUT2D eigenvalue weighted by Gasteiger charge is 2.41. The van der Waals surface area contributed by atoms with Gasteiger partial charge in [0.25, 0.3) is 0 Å². The lowest BCUT2D eigenvalue weighted by Crippen LogP contribution is -2.23. The van der Waals surface area contributed by atoms with Crippen molar-refractivity contribution in [3.8, 4) is 0 Å². The van der Waals surface area contributed by atoms with E-state index in [1.807, 2.05) is 27.7 Å². The zero-order valence-electron chi connectivity index (χ0n) is 11.8. The molecule has 15 heavy (non-hydrogen) atoms. The molecule has 1 saturated heterocycles. The highest BCUT2D eigenvalue weighted by atomic mass is 15.2. The van der Waals surface area contributed by atoms with Crippen molar-refractivity contribution in [2.45, 2.75) is 72.8 Å². The number of rotatable bonds is 0. The molecule has 1 atom stereocenters. The Bertz CT molecular complexity index is 135. The summed E-state index contributed by atoms with van der Waals surface area (Å²) >= 11 is 0. The van der Waals surface area contributed by atoms with E-state index >= 15 is 0 Å². The van der Waals surface area contributed by atoms with Crippen LogP contribution in [0.5, 0.6) is 0 Å². The molecule has 0 aromatic rings. The molecule has 0 aromatic carbocycles. The zero-order valence-corrected chi connectivity index (χ0v) is 11.8. The van der Waals surface area contributed by atoms with Crippen molar-refractivity contribution < 1.29 is 0 Å². The molecule has 2 fully saturated rings. The smallest absolute Gasteiger partial charge is 0.00698 e. The lowest BCUT2D eigenvalue weighted by molar-refractivity contribution is 0.281. The molecule has 0 bridgehead atoms. The number of hydrogen-bond acceptors (Lipinski definition) is 1. The minimum atomic E-state index is 0.758. The van der Waals surface area contributed by atoms with Crippen LogP contribution in [-0.4, -0.2) is 24.5 Å². The van der Waals surface area contributed by atoms with Crippen LogP contribution >= 0.6 is 0 Å². The van der Waals surface area contributed by atoms with Gasteiger partial charge in [-0.2, -0.15) is 0 Å². The third-order valence-electron chi connectivity index (χ3n) is 3.73. The predicted octanol–water partition coefficient (Wildman–Crippen LogP) is 4.32. The quantitative estimate of drug-likeness (QED) is 0.579. The Morgan fingerprint density at radius 2 is 1.47 bits per heavy atom. The molecule has 1 heteroatoms. The Morgan fingerprint density at radius 1 is 1.00 bits per heavy atom. The van der Waals surface area contributed by atoms with Gasteiger partial charge in [-0.3, -0.25) is 0 Å². The Morgan fingerprint density at radius 3 is 1.80 bits per heavy atom. The van der Waals surface area contributed by atoms with Crippen LogP contribution in [0.1, 0.15) is 66.7 Å². The fourth-order valence-corrected chi connectivity index (χ4v) is 3.02. The van der Waals surface area contributed by atoms with E-state index in [9.17, 15) is 0 Å². The first-order valence-corrected chi connectivity index (χ1v) is 6.92. The first kappa shape index (κ1) is 15.0. The van der Waals surface area contributed by atoms with E-state index in [1.165, 1.54) is 38.6 Å². The summed E-state index contributed by atoms with van der Waals surface area (Å²) in [5, 5.41) is 0. The van der Waals surface area contributed by atoms with Gasteiger partial charge >= 0.3 is 0 Å². The molecular weight excluding hydrogens is 182 g/mol. The van der Waals surface area contributed by atoms with E-state index < -0.39 is 0 Å². The molecule has 1 saturated carbocycles. The SMILES string of the molecule is CC.CC.CC1CC2(CCCC2)CN1C. The van der Waals surface area contributed by atoms with Crippen molar-refractivity contribution in [2.24, 2.45) is 5.41 Å². The van der Waals surface area contributed by atoms with Gasteiger partial charge in [0.1, 0.15) is 0 Å². The maximum absolute atomic E-state index is 2.53. The molecule has 1 spiro atoms. The molecule has 1 aliphatic carbocycles. The molecule has 0 amide bonds. The predicted molar refractivity (Wildman–Crippen MR) is 70.3 cm³/mol. The minimum absolute atomic E-state index is 0.758. The van der Waals surface area contributed by atoms with Crippen molar-refractivity contribution in [2.75, 3.05) is 13.6 Å². The third-order valence-corrected chi connectivity index (χ3v) is 3.73. The summed E-state index contributed by atoms with van der Waals surface area (Å²) in [6, 6.07) is 0.841. The summed E-state index contributed by atoms with van der Waals surface area (Å²) in [4.78, 5) is 2.53. The van der Waals surface area contributed by atoms with Crippen LogP contribution in [0.2, 0.25) is 0 Å². The van der Waals surface area contributed by atoms with Crippen LogP contribution in [0.25, 0.3) is 0 Å². The van der Waals surface area contributed by atoms with Crippen LogP contribution in [0.4, 0.5) is 0 Å². The average molecular weight is 213 g/mol. The lowest BCUT2D eigenvalue weighted by Gasteiger charge is -2.21. The van der Waals surface area contributed by atoms with Crippen LogP contribution in [0.15, 0.2) is 0 Å². The topological polar surface area (TPSA) is 3.24 Å². The lowest BCUT2D eigenvalue weighted by atomic mass is 9.84. The van der Waals surface area contributed by atoms with Gasteiger partial charge in [0.15, 0.2) is 0 Å². The van der Waals surface area contributed by atoms with Gasteiger partial charge in [-0.05, 0) is 38.6 Å². The molecule has 0 N–H and O–H groups in total. The number of nitrogens with zero attached hydrogens (tertiary/aromatic N) is 1. The van der Waals surface area contributed by atoms with E-state index in [2.05, 4.69) is 18.9 Å². The van der Waals surface area contributed by atoms with Gasteiger partial charge in [0, 0.05) is 12.6 Å². The fraction of sp³-hybridized carbons (Fsp3) is 1.00. The molecule has 1 unspecified atom stereocenters. The van der Waals surface area contributed by atoms with Crippen molar-refractivity contribution in [1.82, 2.24) is 4.90 Å². The van der Waals surface area contributed by atoms with E-state index in [-0.39, 0.29) is 0 Å². The Hall–Kier alpha value is -0.0400. The first-order chi connectivity index (χ1) is 7.22. The van der Waals surface area contributed by atoms with Gasteiger partial charge in [-0.25, -0.2) is 0 Å². The van der Waals surface area contributed by atoms with Gasteiger partial charge in [-0.1, -0.05) is 40.5 Å². The molecular formula is C14H31N. The summed E-state index contributed by atoms with van der Waals surface area (Å²) in [7, 11) is 2.28. The van der Waals surface area contributed by atoms with Crippen molar-refractivity contribution in [3.05, 3.63) is 0 Å². The molecule has 1 heterocycles. The molecule has 1 nitrogen and oxygen atoms in total. The van der Waals surface area contributed by atoms with Gasteiger partial charge in [0.2, 0.25) is 0 Å². The zero-order chi connectivity index (χ0) is 11.9.